The van der Waals surface area contributed by atoms with Gasteiger partial charge in [-0.05, 0) is 31.0 Å². The number of fused-ring (bicyclic) bond motifs is 1. The number of hydrogen-bond acceptors (Lipinski definition) is 7. The van der Waals surface area contributed by atoms with Crippen LogP contribution in [0.2, 0.25) is 0 Å². The van der Waals surface area contributed by atoms with E-state index >= 15 is 0 Å². The second kappa shape index (κ2) is 11.8. The van der Waals surface area contributed by atoms with Crippen LogP contribution in [0.1, 0.15) is 59.2 Å². The van der Waals surface area contributed by atoms with Crippen LogP contribution >= 0.6 is 15.9 Å². The number of carbonyl (C=O) groups is 3. The fourth-order valence-corrected chi connectivity index (χ4v) is 5.99. The third kappa shape index (κ3) is 5.99. The first-order chi connectivity index (χ1) is 19.6. The zero-order valence-electron chi connectivity index (χ0n) is 21.9. The van der Waals surface area contributed by atoms with Gasteiger partial charge in [-0.3, -0.25) is 29.3 Å². The second-order valence-electron chi connectivity index (χ2n) is 10.3. The quantitative estimate of drug-likeness (QED) is 0.272. The lowest BCUT2D eigenvalue weighted by molar-refractivity contribution is -0.384. The molecule has 2 aliphatic rings. The van der Waals surface area contributed by atoms with Crippen LogP contribution in [0.5, 0.6) is 0 Å². The molecule has 1 saturated carbocycles. The van der Waals surface area contributed by atoms with E-state index in [9.17, 15) is 33.7 Å². The minimum atomic E-state index is -0.657. The third-order valence-electron chi connectivity index (χ3n) is 7.59. The van der Waals surface area contributed by atoms with Gasteiger partial charge in [-0.1, -0.05) is 34.8 Å². The number of H-pyrrole nitrogens is 1. The highest BCUT2D eigenvalue weighted by atomic mass is 79.9. The van der Waals surface area contributed by atoms with Gasteiger partial charge in [-0.2, -0.15) is 0 Å². The number of halogens is 2. The first-order valence-corrected chi connectivity index (χ1v) is 14.1. The minimum Gasteiger partial charge on any atom is -0.374 e. The normalized spacial score (nSPS) is 19.2. The van der Waals surface area contributed by atoms with Gasteiger partial charge in [0.15, 0.2) is 0 Å². The maximum Gasteiger partial charge on any atom is 0.294 e. The van der Waals surface area contributed by atoms with Crippen molar-refractivity contribution in [2.75, 3.05) is 18.4 Å². The van der Waals surface area contributed by atoms with Gasteiger partial charge < -0.3 is 20.5 Å². The molecule has 214 valence electrons. The van der Waals surface area contributed by atoms with Gasteiger partial charge in [0, 0.05) is 60.0 Å². The molecule has 1 aromatic heterocycles. The summed E-state index contributed by atoms with van der Waals surface area (Å²) in [7, 11) is 0. The number of nitro benzene ring substituents is 1. The number of ketones is 1. The summed E-state index contributed by atoms with van der Waals surface area (Å²) in [6.07, 6.45) is 3.04. The molecule has 2 amide bonds. The zero-order valence-corrected chi connectivity index (χ0v) is 23.5. The fourth-order valence-electron chi connectivity index (χ4n) is 5.55. The number of Topliss-reactive ketones (excluding diaryl/α,β-unsaturated/α-hetero) is 1. The molecule has 0 spiro atoms. The lowest BCUT2D eigenvalue weighted by Crippen LogP contribution is -2.49. The van der Waals surface area contributed by atoms with Crippen molar-refractivity contribution >= 4 is 55.8 Å². The summed E-state index contributed by atoms with van der Waals surface area (Å²) in [6, 6.07) is 6.97. The van der Waals surface area contributed by atoms with Gasteiger partial charge in [0.25, 0.3) is 17.5 Å². The van der Waals surface area contributed by atoms with Crippen LogP contribution in [0, 0.1) is 15.9 Å². The number of pyridine rings is 1. The molecule has 1 aliphatic heterocycles. The Morgan fingerprint density at radius 3 is 2.46 bits per heavy atom. The summed E-state index contributed by atoms with van der Waals surface area (Å²) in [6.45, 7) is 0.445. The van der Waals surface area contributed by atoms with E-state index in [0.29, 0.717) is 17.3 Å². The number of anilines is 1. The SMILES string of the molecule is O=C1CCN(C(=O)c2cc(Br)cc([N+](=O)[O-])c2N[C@@H]2CCCC[C@@H]2NC(=O)c2cc(=O)[nH]c3cccc(F)c23)CC1. The van der Waals surface area contributed by atoms with E-state index in [2.05, 4.69) is 31.5 Å². The first kappa shape index (κ1) is 28.4. The van der Waals surface area contributed by atoms with Gasteiger partial charge in [-0.15, -0.1) is 0 Å². The minimum absolute atomic E-state index is 0.0126. The molecule has 1 aliphatic carbocycles. The van der Waals surface area contributed by atoms with E-state index in [1.807, 2.05) is 0 Å². The van der Waals surface area contributed by atoms with Crippen molar-refractivity contribution in [3.63, 3.8) is 0 Å². The number of benzene rings is 2. The molecule has 2 fully saturated rings. The maximum atomic E-state index is 14.7. The van der Waals surface area contributed by atoms with E-state index in [0.717, 1.165) is 18.9 Å². The van der Waals surface area contributed by atoms with Crippen LogP contribution in [0.15, 0.2) is 45.7 Å². The number of aromatic nitrogens is 1. The molecule has 5 rings (SSSR count). The predicted octanol–water partition coefficient (Wildman–Crippen LogP) is 4.30. The summed E-state index contributed by atoms with van der Waals surface area (Å²) in [5, 5.41) is 18.2. The number of amides is 2. The predicted molar refractivity (Wildman–Crippen MR) is 153 cm³/mol. The van der Waals surface area contributed by atoms with Gasteiger partial charge in [-0.25, -0.2) is 4.39 Å². The Bertz CT molecular complexity index is 1620. The highest BCUT2D eigenvalue weighted by Gasteiger charge is 2.33. The molecular formula is C28H27BrFN5O6. The molecule has 2 aromatic carbocycles. The van der Waals surface area contributed by atoms with Crippen molar-refractivity contribution in [3.8, 4) is 0 Å². The van der Waals surface area contributed by atoms with E-state index in [4.69, 9.17) is 0 Å². The lowest BCUT2D eigenvalue weighted by atomic mass is 9.89. The lowest BCUT2D eigenvalue weighted by Gasteiger charge is -2.34. The Labute approximate surface area is 241 Å². The summed E-state index contributed by atoms with van der Waals surface area (Å²) < 4.78 is 15.0. The van der Waals surface area contributed by atoms with Crippen LogP contribution in [0.3, 0.4) is 0 Å². The number of likely N-dealkylation sites (tertiary alicyclic amines) is 1. The molecule has 2 heterocycles. The molecule has 0 bridgehead atoms. The Kier molecular flexibility index (Phi) is 8.15. The van der Waals surface area contributed by atoms with Crippen molar-refractivity contribution in [1.82, 2.24) is 15.2 Å². The average molecular weight is 628 g/mol. The average Bonchev–Trinajstić information content (AvgIpc) is 2.94. The van der Waals surface area contributed by atoms with Crippen molar-refractivity contribution in [1.29, 1.82) is 0 Å². The number of nitrogens with one attached hydrogen (secondary N) is 3. The van der Waals surface area contributed by atoms with Crippen LogP contribution in [-0.4, -0.2) is 57.6 Å². The van der Waals surface area contributed by atoms with E-state index in [-0.39, 0.29) is 65.1 Å². The molecule has 0 radical (unpaired) electrons. The van der Waals surface area contributed by atoms with E-state index in [1.165, 1.54) is 35.2 Å². The summed E-state index contributed by atoms with van der Waals surface area (Å²) in [5.41, 5.74) is -0.684. The summed E-state index contributed by atoms with van der Waals surface area (Å²) in [5.74, 6) is -1.69. The van der Waals surface area contributed by atoms with E-state index in [1.54, 1.807) is 0 Å². The number of hydrogen-bond donors (Lipinski definition) is 3. The number of piperidine rings is 1. The Balaban J connectivity index is 1.47. The van der Waals surface area contributed by atoms with Gasteiger partial charge in [0.2, 0.25) is 5.56 Å². The first-order valence-electron chi connectivity index (χ1n) is 13.3. The molecule has 0 unspecified atom stereocenters. The molecule has 41 heavy (non-hydrogen) atoms. The van der Waals surface area contributed by atoms with Crippen molar-refractivity contribution in [2.45, 2.75) is 50.6 Å². The van der Waals surface area contributed by atoms with Crippen LogP contribution in [0.4, 0.5) is 15.8 Å². The fraction of sp³-hybridized carbons (Fsp3) is 0.357. The number of rotatable bonds is 6. The number of carbonyl (C=O) groups excluding carboxylic acids is 3. The van der Waals surface area contributed by atoms with Crippen molar-refractivity contribution in [3.05, 3.63) is 78.3 Å². The molecule has 13 heteroatoms. The highest BCUT2D eigenvalue weighted by Crippen LogP contribution is 2.36. The van der Waals surface area contributed by atoms with Crippen LogP contribution in [-0.2, 0) is 4.79 Å². The summed E-state index contributed by atoms with van der Waals surface area (Å²) in [4.78, 5) is 66.4. The number of aromatic amines is 1. The third-order valence-corrected chi connectivity index (χ3v) is 8.05. The maximum absolute atomic E-state index is 14.7. The monoisotopic (exact) mass is 627 g/mol. The molecule has 11 nitrogen and oxygen atoms in total. The second-order valence-corrected chi connectivity index (χ2v) is 11.2. The van der Waals surface area contributed by atoms with Crippen LogP contribution < -0.4 is 16.2 Å². The largest absolute Gasteiger partial charge is 0.374 e. The Morgan fingerprint density at radius 2 is 1.76 bits per heavy atom. The molecular weight excluding hydrogens is 601 g/mol. The smallest absolute Gasteiger partial charge is 0.294 e. The Morgan fingerprint density at radius 1 is 1.05 bits per heavy atom. The number of nitro groups is 1. The molecule has 3 N–H and O–H groups in total. The van der Waals surface area contributed by atoms with Crippen LogP contribution in [0.25, 0.3) is 10.9 Å². The molecule has 2 atom stereocenters. The highest BCUT2D eigenvalue weighted by molar-refractivity contribution is 9.10. The Hall–Kier alpha value is -4.13. The zero-order chi connectivity index (χ0) is 29.3. The van der Waals surface area contributed by atoms with Crippen molar-refractivity contribution < 1.29 is 23.7 Å². The standard InChI is InChI=1S/C28H27BrFN5O6/c29-15-12-18(28(39)34-10-8-16(36)9-11-34)26(23(13-15)35(40)41)32-20-5-1-2-6-21(20)33-27(38)17-14-24(37)31-22-7-3-4-19(30)25(17)22/h3-4,7,12-14,20-21,32H,1-2,5-6,8-11H2,(H,31,37)(H,33,38)/t20-,21+/m1/s1. The topological polar surface area (TPSA) is 155 Å². The molecule has 1 saturated heterocycles. The number of nitrogens with zero attached hydrogens (tertiary/aromatic N) is 2. The summed E-state index contributed by atoms with van der Waals surface area (Å²) >= 11 is 3.27. The van der Waals surface area contributed by atoms with Crippen molar-refractivity contribution in [2.24, 2.45) is 0 Å². The van der Waals surface area contributed by atoms with Gasteiger partial charge >= 0.3 is 0 Å². The molecule has 3 aromatic rings. The van der Waals surface area contributed by atoms with Gasteiger partial charge in [0.05, 0.1) is 21.6 Å². The van der Waals surface area contributed by atoms with E-state index < -0.39 is 40.2 Å². The van der Waals surface area contributed by atoms with Gasteiger partial charge in [0.1, 0.15) is 17.3 Å².